The molecule has 0 bridgehead atoms. The molecule has 0 atom stereocenters. The fraction of sp³-hybridized carbons (Fsp3) is 0.182. The molecule has 0 aliphatic carbocycles. The average Bonchev–Trinajstić information content (AvgIpc) is 2.67. The Morgan fingerprint density at radius 3 is 1.74 bits per heavy atom. The molecular formula is C22H18Br2N2O. The average molecular weight is 486 g/mol. The molecule has 0 spiro atoms. The topological polar surface area (TPSA) is 44.1 Å². The van der Waals surface area contributed by atoms with Gasteiger partial charge in [-0.05, 0) is 47.5 Å². The number of Topliss-reactive ketones (excluding diaryl/α,β-unsaturated/α-hetero) is 1. The first kappa shape index (κ1) is 19.8. The number of carbonyl (C=O) groups excluding carboxylic acids is 1. The van der Waals surface area contributed by atoms with E-state index in [0.29, 0.717) is 26.1 Å². The molecule has 1 fully saturated rings. The molecule has 27 heavy (non-hydrogen) atoms. The largest absolute Gasteiger partial charge is 0.294 e. The van der Waals surface area contributed by atoms with Gasteiger partial charge in [-0.3, -0.25) is 9.69 Å². The zero-order chi connectivity index (χ0) is 19.2. The first-order chi connectivity index (χ1) is 13.0. The molecule has 3 rings (SSSR count). The molecule has 0 radical (unpaired) electrons. The Bertz CT molecular complexity index is 855. The summed E-state index contributed by atoms with van der Waals surface area (Å²) in [6.07, 6.45) is 4.34. The van der Waals surface area contributed by atoms with Gasteiger partial charge in [0.15, 0.2) is 5.78 Å². The highest BCUT2D eigenvalue weighted by atomic mass is 79.9. The third-order valence-corrected chi connectivity index (χ3v) is 5.39. The fourth-order valence-electron chi connectivity index (χ4n) is 3.00. The van der Waals surface area contributed by atoms with E-state index in [1.165, 1.54) is 0 Å². The van der Waals surface area contributed by atoms with Gasteiger partial charge < -0.3 is 0 Å². The quantitative estimate of drug-likeness (QED) is 0.538. The van der Waals surface area contributed by atoms with Crippen molar-refractivity contribution in [1.82, 2.24) is 4.90 Å². The highest BCUT2D eigenvalue weighted by Crippen LogP contribution is 2.23. The van der Waals surface area contributed by atoms with Crippen LogP contribution >= 0.6 is 31.9 Å². The Morgan fingerprint density at radius 1 is 0.889 bits per heavy atom. The van der Waals surface area contributed by atoms with Crippen LogP contribution in [0.25, 0.3) is 12.2 Å². The summed E-state index contributed by atoms with van der Waals surface area (Å²) in [5, 5.41) is 8.92. The van der Waals surface area contributed by atoms with Gasteiger partial charge in [0.1, 0.15) is 0 Å². The first-order valence-electron chi connectivity index (χ1n) is 8.61. The van der Waals surface area contributed by atoms with E-state index in [-0.39, 0.29) is 5.78 Å². The number of carbonyl (C=O) groups is 1. The van der Waals surface area contributed by atoms with Crippen LogP contribution in [-0.4, -0.2) is 30.3 Å². The summed E-state index contributed by atoms with van der Waals surface area (Å²) in [5.41, 5.74) is 3.49. The van der Waals surface area contributed by atoms with Gasteiger partial charge in [-0.1, -0.05) is 56.1 Å². The molecule has 0 unspecified atom stereocenters. The number of nitrogens with zero attached hydrogens (tertiary/aromatic N) is 2. The minimum Gasteiger partial charge on any atom is -0.294 e. The predicted octanol–water partition coefficient (Wildman–Crippen LogP) is 5.48. The van der Waals surface area contributed by atoms with Gasteiger partial charge in [0.2, 0.25) is 0 Å². The van der Waals surface area contributed by atoms with Crippen molar-refractivity contribution in [2.75, 3.05) is 19.6 Å². The zero-order valence-electron chi connectivity index (χ0n) is 14.7. The van der Waals surface area contributed by atoms with Crippen molar-refractivity contribution in [3.05, 3.63) is 79.7 Å². The standard InChI is InChI=1S/C22H18Br2N2O/c23-20-6-2-16(3-7-20)12-18-14-26(11-1-10-25)15-19(22(18)27)13-17-4-8-21(24)9-5-17/h2-9,12-13H,1,11,14-15H2/b18-12-,19-13+. The van der Waals surface area contributed by atoms with E-state index in [1.54, 1.807) is 0 Å². The Morgan fingerprint density at radius 2 is 1.33 bits per heavy atom. The van der Waals surface area contributed by atoms with E-state index in [0.717, 1.165) is 31.2 Å². The SMILES string of the molecule is N#CCCN1C/C(=C/c2ccc(Br)cc2)C(=O)/C(=C/c2ccc(Br)cc2)C1. The summed E-state index contributed by atoms with van der Waals surface area (Å²) in [4.78, 5) is 15.2. The summed E-state index contributed by atoms with van der Waals surface area (Å²) >= 11 is 6.87. The Labute approximate surface area is 176 Å². The molecule has 3 nitrogen and oxygen atoms in total. The molecule has 1 saturated heterocycles. The number of benzene rings is 2. The zero-order valence-corrected chi connectivity index (χ0v) is 17.8. The summed E-state index contributed by atoms with van der Waals surface area (Å²) in [5.74, 6) is 0.0778. The van der Waals surface area contributed by atoms with Crippen LogP contribution in [0.15, 0.2) is 68.6 Å². The van der Waals surface area contributed by atoms with Gasteiger partial charge in [0, 0.05) is 46.1 Å². The van der Waals surface area contributed by atoms with E-state index in [4.69, 9.17) is 5.26 Å². The third kappa shape index (κ3) is 5.49. The third-order valence-electron chi connectivity index (χ3n) is 4.33. The van der Waals surface area contributed by atoms with Gasteiger partial charge in [0.25, 0.3) is 0 Å². The van der Waals surface area contributed by atoms with E-state index in [9.17, 15) is 4.79 Å². The number of rotatable bonds is 4. The van der Waals surface area contributed by atoms with Crippen molar-refractivity contribution in [2.45, 2.75) is 6.42 Å². The summed E-state index contributed by atoms with van der Waals surface area (Å²) in [7, 11) is 0. The second-order valence-corrected chi connectivity index (χ2v) is 8.22. The van der Waals surface area contributed by atoms with Gasteiger partial charge in [-0.15, -0.1) is 0 Å². The van der Waals surface area contributed by atoms with Crippen molar-refractivity contribution in [3.63, 3.8) is 0 Å². The molecule has 0 amide bonds. The van der Waals surface area contributed by atoms with Gasteiger partial charge >= 0.3 is 0 Å². The molecule has 2 aromatic rings. The smallest absolute Gasteiger partial charge is 0.187 e. The lowest BCUT2D eigenvalue weighted by atomic mass is 9.94. The van der Waals surface area contributed by atoms with Crippen LogP contribution in [0.5, 0.6) is 0 Å². The molecule has 0 N–H and O–H groups in total. The van der Waals surface area contributed by atoms with Crippen molar-refractivity contribution >= 4 is 49.8 Å². The highest BCUT2D eigenvalue weighted by Gasteiger charge is 2.25. The maximum Gasteiger partial charge on any atom is 0.187 e. The molecule has 1 aliphatic heterocycles. The Kier molecular flexibility index (Phi) is 6.78. The number of nitriles is 1. The van der Waals surface area contributed by atoms with E-state index >= 15 is 0 Å². The lowest BCUT2D eigenvalue weighted by molar-refractivity contribution is -0.113. The monoisotopic (exact) mass is 484 g/mol. The number of piperidine rings is 1. The highest BCUT2D eigenvalue weighted by molar-refractivity contribution is 9.10. The first-order valence-corrected chi connectivity index (χ1v) is 10.2. The van der Waals surface area contributed by atoms with Crippen LogP contribution in [0, 0.1) is 11.3 Å². The number of ketones is 1. The van der Waals surface area contributed by atoms with Crippen LogP contribution in [0.4, 0.5) is 0 Å². The van der Waals surface area contributed by atoms with Crippen LogP contribution in [-0.2, 0) is 4.79 Å². The lowest BCUT2D eigenvalue weighted by Gasteiger charge is -2.29. The maximum absolute atomic E-state index is 13.0. The van der Waals surface area contributed by atoms with Crippen molar-refractivity contribution in [2.24, 2.45) is 0 Å². The summed E-state index contributed by atoms with van der Waals surface area (Å²) in [6.45, 7) is 1.78. The minimum absolute atomic E-state index is 0.0778. The fourth-order valence-corrected chi connectivity index (χ4v) is 3.53. The van der Waals surface area contributed by atoms with Gasteiger partial charge in [0.05, 0.1) is 6.07 Å². The van der Waals surface area contributed by atoms with E-state index in [2.05, 4.69) is 42.8 Å². The molecule has 1 aliphatic rings. The van der Waals surface area contributed by atoms with Crippen molar-refractivity contribution < 1.29 is 4.79 Å². The second-order valence-electron chi connectivity index (χ2n) is 6.39. The molecule has 1 heterocycles. The van der Waals surface area contributed by atoms with Crippen molar-refractivity contribution in [1.29, 1.82) is 5.26 Å². The molecular weight excluding hydrogens is 468 g/mol. The Balaban J connectivity index is 1.92. The molecule has 5 heteroatoms. The van der Waals surface area contributed by atoms with Gasteiger partial charge in [-0.2, -0.15) is 5.26 Å². The van der Waals surface area contributed by atoms with Crippen LogP contribution in [0.3, 0.4) is 0 Å². The van der Waals surface area contributed by atoms with E-state index < -0.39 is 0 Å². The normalized spacial score (nSPS) is 18.0. The van der Waals surface area contributed by atoms with Crippen molar-refractivity contribution in [3.8, 4) is 6.07 Å². The molecule has 136 valence electrons. The molecule has 0 aromatic heterocycles. The van der Waals surface area contributed by atoms with Crippen LogP contribution < -0.4 is 0 Å². The minimum atomic E-state index is 0.0778. The number of halogens is 2. The second kappa shape index (κ2) is 9.27. The van der Waals surface area contributed by atoms with Gasteiger partial charge in [-0.25, -0.2) is 0 Å². The molecule has 2 aromatic carbocycles. The van der Waals surface area contributed by atoms with E-state index in [1.807, 2.05) is 60.7 Å². The lowest BCUT2D eigenvalue weighted by Crippen LogP contribution is -2.38. The van der Waals surface area contributed by atoms with Crippen LogP contribution in [0.1, 0.15) is 17.5 Å². The number of likely N-dealkylation sites (tertiary alicyclic amines) is 1. The maximum atomic E-state index is 13.0. The molecule has 0 saturated carbocycles. The predicted molar refractivity (Wildman–Crippen MR) is 116 cm³/mol. The van der Waals surface area contributed by atoms with Crippen LogP contribution in [0.2, 0.25) is 0 Å². The Hall–Kier alpha value is -2.00. The summed E-state index contributed by atoms with van der Waals surface area (Å²) < 4.78 is 2.01. The number of hydrogen-bond acceptors (Lipinski definition) is 3. The summed E-state index contributed by atoms with van der Waals surface area (Å²) in [6, 6.07) is 18.0. The number of hydrogen-bond donors (Lipinski definition) is 0.